The molecule has 316 valence electrons. The Bertz CT molecular complexity index is 1190. The zero-order chi connectivity index (χ0) is 41.6. The van der Waals surface area contributed by atoms with Crippen molar-refractivity contribution in [1.82, 2.24) is 0 Å². The third-order valence-electron chi connectivity index (χ3n) is 10.7. The summed E-state index contributed by atoms with van der Waals surface area (Å²) in [4.78, 5) is 12.5. The monoisotopic (exact) mass is 776 g/mol. The standard InChI is InChI=1S/C40H72O14/c1-11-20(2)12-21(3)13-26(8)38(54-40-37(50)36(49)35(48)31(18-42)53-40)27(9)15-24(6)32(45)22(4)14-23(5)33(46)25(7)16-28(10)39(51)52-19-30(44)34(47)29(43)17-41/h14-16,20-22,25-27,29-38,40-50H,11-13,17-19H2,1-10H3/b23-14+,24-15+,28-16+/t20?,21?,22?,25?,26?,27?,29-,30-,31?,32?,33?,34-,35+,36+,37?,38?,40+/m1/s1. The van der Waals surface area contributed by atoms with Crippen LogP contribution in [0.2, 0.25) is 0 Å². The largest absolute Gasteiger partial charge is 0.459 e. The third kappa shape index (κ3) is 15.3. The Morgan fingerprint density at radius 3 is 1.78 bits per heavy atom. The van der Waals surface area contributed by atoms with Gasteiger partial charge in [0.25, 0.3) is 0 Å². The molecule has 0 bridgehead atoms. The van der Waals surface area contributed by atoms with Crippen LogP contribution in [-0.2, 0) is 19.0 Å². The molecule has 1 rings (SSSR count). The van der Waals surface area contributed by atoms with E-state index in [0.29, 0.717) is 23.0 Å². The summed E-state index contributed by atoms with van der Waals surface area (Å²) in [6.07, 6.45) is -6.45. The number of esters is 1. The summed E-state index contributed by atoms with van der Waals surface area (Å²) in [5.41, 5.74) is 1.33. The van der Waals surface area contributed by atoms with Gasteiger partial charge in [-0.15, -0.1) is 0 Å². The van der Waals surface area contributed by atoms with Crippen LogP contribution in [0, 0.1) is 35.5 Å². The second-order valence-electron chi connectivity index (χ2n) is 15.9. The molecule has 11 unspecified atom stereocenters. The average molecular weight is 777 g/mol. The van der Waals surface area contributed by atoms with Gasteiger partial charge in [-0.3, -0.25) is 0 Å². The van der Waals surface area contributed by atoms with E-state index in [2.05, 4.69) is 20.8 Å². The molecule has 0 saturated carbocycles. The maximum Gasteiger partial charge on any atom is 0.333 e. The molecule has 10 N–H and O–H groups in total. The van der Waals surface area contributed by atoms with Gasteiger partial charge < -0.3 is 65.3 Å². The number of aliphatic hydroxyl groups is 10. The van der Waals surface area contributed by atoms with E-state index < -0.39 is 105 Å². The van der Waals surface area contributed by atoms with E-state index in [4.69, 9.17) is 19.3 Å². The van der Waals surface area contributed by atoms with Gasteiger partial charge in [0.15, 0.2) is 6.29 Å². The quantitative estimate of drug-likeness (QED) is 0.0400. The van der Waals surface area contributed by atoms with Crippen LogP contribution in [0.5, 0.6) is 0 Å². The van der Waals surface area contributed by atoms with E-state index in [1.807, 2.05) is 19.9 Å². The van der Waals surface area contributed by atoms with Crippen LogP contribution in [0.1, 0.15) is 88.5 Å². The molecule has 0 radical (unpaired) electrons. The molecule has 0 aliphatic carbocycles. The highest BCUT2D eigenvalue weighted by Gasteiger charge is 2.45. The SMILES string of the molecule is CCC(C)CC(C)CC(C)C(O[C@@H]1OC(CO)[C@H](O)[C@H](O)C1O)C(C)/C=C(\C)C(O)C(C)/C=C(\C)C(O)C(C)/C=C(\C)C(=O)OC[C@@H](O)[C@H](O)[C@H](O)CO. The van der Waals surface area contributed by atoms with Crippen molar-refractivity contribution >= 4 is 5.97 Å². The molecule has 0 aromatic carbocycles. The van der Waals surface area contributed by atoms with Crippen molar-refractivity contribution < 1.29 is 70.1 Å². The number of rotatable bonds is 23. The Morgan fingerprint density at radius 1 is 0.722 bits per heavy atom. The zero-order valence-corrected chi connectivity index (χ0v) is 33.9. The summed E-state index contributed by atoms with van der Waals surface area (Å²) in [5.74, 6) is -1.23. The van der Waals surface area contributed by atoms with Gasteiger partial charge in [0.05, 0.1) is 31.5 Å². The number of carbonyl (C=O) groups is 1. The lowest BCUT2D eigenvalue weighted by Crippen LogP contribution is -2.60. The first-order valence-corrected chi connectivity index (χ1v) is 19.3. The van der Waals surface area contributed by atoms with Gasteiger partial charge in [0, 0.05) is 23.3 Å². The number of hydrogen-bond acceptors (Lipinski definition) is 14. The van der Waals surface area contributed by atoms with Crippen molar-refractivity contribution in [2.75, 3.05) is 19.8 Å². The van der Waals surface area contributed by atoms with Crippen LogP contribution in [0.25, 0.3) is 0 Å². The Kier molecular flexibility index (Phi) is 22.4. The lowest BCUT2D eigenvalue weighted by molar-refractivity contribution is -0.317. The summed E-state index contributed by atoms with van der Waals surface area (Å²) in [6.45, 7) is 17.0. The lowest BCUT2D eigenvalue weighted by Gasteiger charge is -2.42. The average Bonchev–Trinajstić information content (AvgIpc) is 3.13. The van der Waals surface area contributed by atoms with Gasteiger partial charge in [-0.2, -0.15) is 0 Å². The Labute approximate surface area is 321 Å². The predicted octanol–water partition coefficient (Wildman–Crippen LogP) is 1.36. The third-order valence-corrected chi connectivity index (χ3v) is 10.7. The molecule has 0 amide bonds. The van der Waals surface area contributed by atoms with E-state index in [9.17, 15) is 50.8 Å². The van der Waals surface area contributed by atoms with Crippen molar-refractivity contribution in [3.63, 3.8) is 0 Å². The summed E-state index contributed by atoms with van der Waals surface area (Å²) in [6, 6.07) is 0. The molecule has 14 nitrogen and oxygen atoms in total. The van der Waals surface area contributed by atoms with Crippen LogP contribution >= 0.6 is 0 Å². The normalized spacial score (nSPS) is 28.5. The van der Waals surface area contributed by atoms with E-state index >= 15 is 0 Å². The maximum absolute atomic E-state index is 12.5. The number of ether oxygens (including phenoxy) is 3. The van der Waals surface area contributed by atoms with Crippen molar-refractivity contribution in [2.24, 2.45) is 35.5 Å². The highest BCUT2D eigenvalue weighted by atomic mass is 16.7. The summed E-state index contributed by atoms with van der Waals surface area (Å²) < 4.78 is 17.1. The topological polar surface area (TPSA) is 247 Å². The Morgan fingerprint density at radius 2 is 1.26 bits per heavy atom. The van der Waals surface area contributed by atoms with Gasteiger partial charge in [0.1, 0.15) is 49.3 Å². The molecule has 14 heteroatoms. The molecule has 0 aromatic heterocycles. The lowest BCUT2D eigenvalue weighted by atomic mass is 9.82. The maximum atomic E-state index is 12.5. The molecule has 1 saturated heterocycles. The van der Waals surface area contributed by atoms with Gasteiger partial charge in [-0.1, -0.05) is 73.1 Å². The van der Waals surface area contributed by atoms with Gasteiger partial charge >= 0.3 is 5.97 Å². The summed E-state index contributed by atoms with van der Waals surface area (Å²) >= 11 is 0. The van der Waals surface area contributed by atoms with E-state index in [0.717, 1.165) is 19.3 Å². The van der Waals surface area contributed by atoms with Crippen molar-refractivity contribution in [1.29, 1.82) is 0 Å². The smallest absolute Gasteiger partial charge is 0.333 e. The van der Waals surface area contributed by atoms with E-state index in [-0.39, 0.29) is 17.4 Å². The molecule has 1 aliphatic heterocycles. The van der Waals surface area contributed by atoms with Crippen LogP contribution in [0.4, 0.5) is 0 Å². The summed E-state index contributed by atoms with van der Waals surface area (Å²) in [5, 5.41) is 102. The highest BCUT2D eigenvalue weighted by Crippen LogP contribution is 2.33. The number of aliphatic hydroxyl groups excluding tert-OH is 10. The Hall–Kier alpha value is -1.79. The molecule has 0 spiro atoms. The Balaban J connectivity index is 3.13. The molecular weight excluding hydrogens is 704 g/mol. The second kappa shape index (κ2) is 24.1. The minimum Gasteiger partial charge on any atom is -0.459 e. The molecule has 17 atom stereocenters. The van der Waals surface area contributed by atoms with Gasteiger partial charge in [-0.25, -0.2) is 4.79 Å². The number of carbonyl (C=O) groups excluding carboxylic acids is 1. The molecule has 1 fully saturated rings. The molecular formula is C40H72O14. The molecule has 0 aromatic rings. The van der Waals surface area contributed by atoms with Crippen LogP contribution in [-0.4, -0.2) is 144 Å². The van der Waals surface area contributed by atoms with E-state index in [1.54, 1.807) is 33.8 Å². The van der Waals surface area contributed by atoms with Crippen molar-refractivity contribution in [2.45, 2.75) is 156 Å². The first-order chi connectivity index (χ1) is 25.1. The predicted molar refractivity (Wildman–Crippen MR) is 202 cm³/mol. The molecule has 1 aliphatic rings. The zero-order valence-electron chi connectivity index (χ0n) is 33.9. The van der Waals surface area contributed by atoms with E-state index in [1.165, 1.54) is 13.0 Å². The highest BCUT2D eigenvalue weighted by molar-refractivity contribution is 5.87. The van der Waals surface area contributed by atoms with Crippen LogP contribution in [0.3, 0.4) is 0 Å². The summed E-state index contributed by atoms with van der Waals surface area (Å²) in [7, 11) is 0. The minimum absolute atomic E-state index is 0.0477. The van der Waals surface area contributed by atoms with Crippen molar-refractivity contribution in [3.8, 4) is 0 Å². The van der Waals surface area contributed by atoms with Gasteiger partial charge in [0.2, 0.25) is 0 Å². The fourth-order valence-corrected chi connectivity index (χ4v) is 7.16. The van der Waals surface area contributed by atoms with Crippen LogP contribution in [0.15, 0.2) is 34.9 Å². The van der Waals surface area contributed by atoms with Gasteiger partial charge in [-0.05, 0) is 62.5 Å². The molecule has 54 heavy (non-hydrogen) atoms. The number of hydrogen-bond donors (Lipinski definition) is 10. The van der Waals surface area contributed by atoms with Crippen LogP contribution < -0.4 is 0 Å². The fourth-order valence-electron chi connectivity index (χ4n) is 7.16. The first kappa shape index (κ1) is 50.2. The van der Waals surface area contributed by atoms with Crippen molar-refractivity contribution in [3.05, 3.63) is 34.9 Å². The first-order valence-electron chi connectivity index (χ1n) is 19.3. The second-order valence-corrected chi connectivity index (χ2v) is 15.9. The minimum atomic E-state index is -1.71. The fraction of sp³-hybridized carbons (Fsp3) is 0.825. The molecule has 1 heterocycles.